The summed E-state index contributed by atoms with van der Waals surface area (Å²) in [7, 11) is 0. The van der Waals surface area contributed by atoms with Crippen LogP contribution in [0.5, 0.6) is 0 Å². The molecule has 5 heterocycles. The number of hydrogen-bond acceptors (Lipinski definition) is 6. The molecule has 6 rings (SSSR count). The standard InChI is InChI=1S/C51H66N4O4/c1-12-16-37-31(7)40-26-43-46(35(11)56)33(9)49(54-43)34(10)48-32(8)38(21-22-45(58)59-24-23-30(6)20-15-19-29(5)18-14-17-28(3)4)50(55-48)39-25-44(57)47-36(13-2)41(53-51(39)47)27-42(37)52-40/h17,19,23,25-27,32,35,38,53,55-57H,12-16,18,20-22,24H2,1-11H3/b29-19+,30-23+,42-27?,43-26?,48-34?,50-39?/t32-,35+,38-/m0/s1. The maximum atomic E-state index is 13.3. The lowest BCUT2D eigenvalue weighted by Crippen LogP contribution is -2.10. The van der Waals surface area contributed by atoms with Crippen molar-refractivity contribution in [2.75, 3.05) is 6.61 Å². The van der Waals surface area contributed by atoms with Gasteiger partial charge in [0.25, 0.3) is 0 Å². The third kappa shape index (κ3) is 9.13. The van der Waals surface area contributed by atoms with Gasteiger partial charge in [-0.2, -0.15) is 0 Å². The summed E-state index contributed by atoms with van der Waals surface area (Å²) >= 11 is 0. The summed E-state index contributed by atoms with van der Waals surface area (Å²) in [5.41, 5.74) is 18.9. The molecule has 0 amide bonds. The van der Waals surface area contributed by atoms with E-state index in [0.717, 1.165) is 129 Å². The molecule has 8 nitrogen and oxygen atoms in total. The van der Waals surface area contributed by atoms with Gasteiger partial charge in [-0.3, -0.25) is 4.79 Å². The number of carbonyl (C=O) groups excluding carboxylic acids is 1. The van der Waals surface area contributed by atoms with Gasteiger partial charge in [0.05, 0.1) is 34.4 Å². The highest BCUT2D eigenvalue weighted by atomic mass is 16.5. The van der Waals surface area contributed by atoms with Crippen molar-refractivity contribution in [2.24, 2.45) is 0 Å². The van der Waals surface area contributed by atoms with E-state index in [4.69, 9.17) is 14.7 Å². The van der Waals surface area contributed by atoms with Crippen molar-refractivity contribution in [3.05, 3.63) is 103 Å². The number of aliphatic hydroxyl groups is 2. The van der Waals surface area contributed by atoms with Crippen LogP contribution in [0.3, 0.4) is 0 Å². The molecule has 0 fully saturated rings. The Hall–Kier alpha value is -4.95. The number of esters is 1. The highest BCUT2D eigenvalue weighted by Crippen LogP contribution is 2.47. The molecule has 8 bridgehead atoms. The minimum Gasteiger partial charge on any atom is -0.507 e. The van der Waals surface area contributed by atoms with E-state index >= 15 is 0 Å². The molecule has 0 aromatic carbocycles. The van der Waals surface area contributed by atoms with Crippen LogP contribution < -0.4 is 0 Å². The molecule has 0 unspecified atom stereocenters. The lowest BCUT2D eigenvalue weighted by atomic mass is 9.84. The second-order valence-corrected chi connectivity index (χ2v) is 17.3. The van der Waals surface area contributed by atoms with E-state index in [1.165, 1.54) is 22.3 Å². The Balaban J connectivity index is 1.37. The fraction of sp³-hybridized carbons (Fsp3) is 0.471. The number of nitrogens with one attached hydrogen (secondary N) is 2. The first kappa shape index (κ1) is 43.6. The number of carbonyl (C=O) groups is 1. The Labute approximate surface area is 351 Å². The minimum atomic E-state index is -0.722. The summed E-state index contributed by atoms with van der Waals surface area (Å²) in [6, 6.07) is 4.16. The van der Waals surface area contributed by atoms with Crippen LogP contribution in [0.15, 0.2) is 47.1 Å². The monoisotopic (exact) mass is 799 g/mol. The van der Waals surface area contributed by atoms with E-state index in [-0.39, 0.29) is 36.6 Å². The third-order valence-corrected chi connectivity index (χ3v) is 12.6. The van der Waals surface area contributed by atoms with Crippen molar-refractivity contribution in [1.29, 1.82) is 0 Å². The normalized spacial score (nSPS) is 17.7. The molecule has 0 saturated heterocycles. The number of aliphatic hydroxyl groups excluding tert-OH is 2. The van der Waals surface area contributed by atoms with Crippen LogP contribution in [0.1, 0.15) is 189 Å². The van der Waals surface area contributed by atoms with Crippen LogP contribution in [-0.4, -0.2) is 48.8 Å². The number of aromatic amines is 2. The Morgan fingerprint density at radius 1 is 0.898 bits per heavy atom. The zero-order valence-corrected chi connectivity index (χ0v) is 37.4. The Morgan fingerprint density at radius 3 is 2.29 bits per heavy atom. The number of nitrogens with zero attached hydrogens (tertiary/aromatic N) is 2. The number of H-pyrrole nitrogens is 2. The van der Waals surface area contributed by atoms with E-state index in [0.29, 0.717) is 6.42 Å². The first-order valence-corrected chi connectivity index (χ1v) is 21.8. The molecule has 2 aromatic rings. The number of aryl methyl sites for hydroxylation is 1. The van der Waals surface area contributed by atoms with E-state index in [1.54, 1.807) is 6.92 Å². The zero-order valence-electron chi connectivity index (χ0n) is 37.4. The minimum absolute atomic E-state index is 0.00383. The van der Waals surface area contributed by atoms with E-state index in [2.05, 4.69) is 90.5 Å². The first-order chi connectivity index (χ1) is 28.1. The molecule has 3 atom stereocenters. The van der Waals surface area contributed by atoms with Crippen LogP contribution in [-0.2, 0) is 16.0 Å². The maximum Gasteiger partial charge on any atom is 0.306 e. The predicted octanol–water partition coefficient (Wildman–Crippen LogP) is 12.9. The number of hydrogen-bond donors (Lipinski definition) is 4. The van der Waals surface area contributed by atoms with Gasteiger partial charge in [-0.25, -0.2) is 9.97 Å². The number of ether oxygens (including phenoxy) is 1. The Bertz CT molecular complexity index is 2390. The average molecular weight is 799 g/mol. The average Bonchev–Trinajstić information content (AvgIpc) is 3.95. The van der Waals surface area contributed by atoms with Crippen molar-refractivity contribution in [2.45, 2.75) is 152 Å². The molecule has 59 heavy (non-hydrogen) atoms. The molecule has 1 aliphatic carbocycles. The fourth-order valence-corrected chi connectivity index (χ4v) is 9.32. The van der Waals surface area contributed by atoms with Crippen molar-refractivity contribution >= 4 is 51.1 Å². The molecule has 0 radical (unpaired) electrons. The molecule has 2 aromatic heterocycles. The Morgan fingerprint density at radius 2 is 1.61 bits per heavy atom. The molecule has 314 valence electrons. The van der Waals surface area contributed by atoms with Crippen molar-refractivity contribution < 1.29 is 19.7 Å². The second-order valence-electron chi connectivity index (χ2n) is 17.3. The smallest absolute Gasteiger partial charge is 0.306 e. The highest BCUT2D eigenvalue weighted by molar-refractivity contribution is 6.02. The zero-order chi connectivity index (χ0) is 42.7. The van der Waals surface area contributed by atoms with Crippen molar-refractivity contribution in [3.63, 3.8) is 0 Å². The summed E-state index contributed by atoms with van der Waals surface area (Å²) in [5.74, 6) is -0.0418. The van der Waals surface area contributed by atoms with Gasteiger partial charge in [0, 0.05) is 51.9 Å². The van der Waals surface area contributed by atoms with Gasteiger partial charge in [0.15, 0.2) is 0 Å². The van der Waals surface area contributed by atoms with E-state index in [1.807, 2.05) is 25.1 Å². The van der Waals surface area contributed by atoms with Crippen LogP contribution in [0.4, 0.5) is 0 Å². The summed E-state index contributed by atoms with van der Waals surface area (Å²) in [4.78, 5) is 31.3. The predicted molar refractivity (Wildman–Crippen MR) is 245 cm³/mol. The van der Waals surface area contributed by atoms with Crippen molar-refractivity contribution in [1.82, 2.24) is 19.9 Å². The lowest BCUT2D eigenvalue weighted by molar-refractivity contribution is -0.142. The first-order valence-electron chi connectivity index (χ1n) is 21.8. The second kappa shape index (κ2) is 18.5. The fourth-order valence-electron chi connectivity index (χ4n) is 9.32. The van der Waals surface area contributed by atoms with Gasteiger partial charge in [-0.05, 0) is 152 Å². The molecule has 3 aliphatic heterocycles. The van der Waals surface area contributed by atoms with Crippen LogP contribution in [0.2, 0.25) is 0 Å². The van der Waals surface area contributed by atoms with Gasteiger partial charge in [-0.1, -0.05) is 56.1 Å². The summed E-state index contributed by atoms with van der Waals surface area (Å²) in [6.45, 7) is 23.4. The number of allylic oxidation sites excluding steroid dienone is 8. The number of rotatable bonds is 15. The summed E-state index contributed by atoms with van der Waals surface area (Å²) in [6.07, 6.45) is 15.3. The lowest BCUT2D eigenvalue weighted by Gasteiger charge is -2.18. The maximum absolute atomic E-state index is 13.3. The number of aromatic nitrogens is 4. The van der Waals surface area contributed by atoms with Crippen LogP contribution in [0.25, 0.3) is 45.2 Å². The van der Waals surface area contributed by atoms with Gasteiger partial charge in [0.2, 0.25) is 0 Å². The van der Waals surface area contributed by atoms with E-state index < -0.39 is 6.10 Å². The molecule has 4 aliphatic rings. The van der Waals surface area contributed by atoms with E-state index in [9.17, 15) is 15.0 Å². The van der Waals surface area contributed by atoms with Crippen molar-refractivity contribution in [3.8, 4) is 0 Å². The third-order valence-electron chi connectivity index (χ3n) is 12.6. The topological polar surface area (TPSA) is 124 Å². The highest BCUT2D eigenvalue weighted by Gasteiger charge is 2.35. The van der Waals surface area contributed by atoms with Gasteiger partial charge in [-0.15, -0.1) is 0 Å². The molecule has 8 heteroatoms. The van der Waals surface area contributed by atoms with Crippen LogP contribution in [0, 0.1) is 6.92 Å². The molecular formula is C51H66N4O4. The number of fused-ring (bicyclic) bond motifs is 8. The SMILES string of the molecule is CCCC1=C(C)c2cc3nc(c(C)c4[nH]c(c5c6[nH]c(cc1n2)c(CC)c6C(O)=C5)[C@@H](CCC(=O)OC/C=C(\C)CC/C=C(\C)CCC=C(C)C)[C@@H]4C)C(C)=C3[C@@H](C)O. The molecule has 0 spiro atoms. The summed E-state index contributed by atoms with van der Waals surface area (Å²) < 4.78 is 5.78. The van der Waals surface area contributed by atoms with Crippen LogP contribution >= 0.6 is 0 Å². The molecule has 0 saturated carbocycles. The van der Waals surface area contributed by atoms with Gasteiger partial charge < -0.3 is 24.9 Å². The molecule has 4 N–H and O–H groups in total. The van der Waals surface area contributed by atoms with Gasteiger partial charge >= 0.3 is 5.97 Å². The Kier molecular flexibility index (Phi) is 13.7. The molecular weight excluding hydrogens is 733 g/mol. The largest absolute Gasteiger partial charge is 0.507 e. The van der Waals surface area contributed by atoms with Gasteiger partial charge in [0.1, 0.15) is 12.4 Å². The summed E-state index contributed by atoms with van der Waals surface area (Å²) in [5, 5.41) is 22.7. The quantitative estimate of drug-likeness (QED) is 0.105.